The van der Waals surface area contributed by atoms with Gasteiger partial charge >= 0.3 is 0 Å². The molecule has 0 aliphatic rings. The van der Waals surface area contributed by atoms with Gasteiger partial charge in [0.15, 0.2) is 5.82 Å². The number of H-pyrrole nitrogens is 1. The van der Waals surface area contributed by atoms with E-state index in [9.17, 15) is 8.42 Å². The molecule has 0 saturated carbocycles. The Morgan fingerprint density at radius 1 is 1.06 bits per heavy atom. The maximum Gasteiger partial charge on any atom is 0.242 e. The number of benzene rings is 1. The number of aryl methyl sites for hydroxylation is 1. The monoisotopic (exact) mass is 444 g/mol. The van der Waals surface area contributed by atoms with Crippen LogP contribution in [0.25, 0.3) is 0 Å². The standard InChI is InChI=1S/C20H28N8O2S/c1-14-15(2)25-26-19(14)23-18-9-10-21-20(24-18)22-16-7-6-8-17(13-16)31(29,30)28(5)12-11-27(3)4/h6-10,13H,11-12H2,1-5H3,(H3,21,22,23,24,25,26). The van der Waals surface area contributed by atoms with Crippen molar-refractivity contribution in [3.05, 3.63) is 47.8 Å². The van der Waals surface area contributed by atoms with Gasteiger partial charge in [0.25, 0.3) is 0 Å². The number of anilines is 4. The maximum absolute atomic E-state index is 12.9. The van der Waals surface area contributed by atoms with Crippen LogP contribution in [-0.2, 0) is 10.0 Å². The number of rotatable bonds is 9. The van der Waals surface area contributed by atoms with Gasteiger partial charge in [-0.05, 0) is 52.2 Å². The lowest BCUT2D eigenvalue weighted by Crippen LogP contribution is -2.33. The summed E-state index contributed by atoms with van der Waals surface area (Å²) in [5.41, 5.74) is 2.55. The smallest absolute Gasteiger partial charge is 0.242 e. The summed E-state index contributed by atoms with van der Waals surface area (Å²) in [6.45, 7) is 4.94. The van der Waals surface area contributed by atoms with Crippen LogP contribution in [0, 0.1) is 13.8 Å². The molecule has 0 saturated heterocycles. The minimum Gasteiger partial charge on any atom is -0.324 e. The van der Waals surface area contributed by atoms with Gasteiger partial charge in [-0.25, -0.2) is 13.4 Å². The Bertz CT molecular complexity index is 1140. The van der Waals surface area contributed by atoms with Crippen molar-refractivity contribution < 1.29 is 8.42 Å². The summed E-state index contributed by atoms with van der Waals surface area (Å²) in [6.07, 6.45) is 1.61. The van der Waals surface area contributed by atoms with E-state index < -0.39 is 10.0 Å². The zero-order chi connectivity index (χ0) is 22.6. The van der Waals surface area contributed by atoms with Crippen LogP contribution in [-0.4, -0.2) is 72.0 Å². The van der Waals surface area contributed by atoms with Crippen molar-refractivity contribution in [3.8, 4) is 0 Å². The normalized spacial score (nSPS) is 11.8. The predicted molar refractivity (Wildman–Crippen MR) is 121 cm³/mol. The molecule has 0 bridgehead atoms. The molecule has 0 aliphatic heterocycles. The Balaban J connectivity index is 1.76. The van der Waals surface area contributed by atoms with Gasteiger partial charge in [-0.3, -0.25) is 5.10 Å². The van der Waals surface area contributed by atoms with Crippen LogP contribution in [0.4, 0.5) is 23.3 Å². The van der Waals surface area contributed by atoms with Crippen LogP contribution in [0.5, 0.6) is 0 Å². The molecule has 166 valence electrons. The number of hydrogen-bond acceptors (Lipinski definition) is 8. The van der Waals surface area contributed by atoms with Crippen molar-refractivity contribution in [2.45, 2.75) is 18.7 Å². The highest BCUT2D eigenvalue weighted by atomic mass is 32.2. The van der Waals surface area contributed by atoms with E-state index in [2.05, 4.69) is 30.8 Å². The molecule has 0 amide bonds. The first kappa shape index (κ1) is 22.7. The Labute approximate surface area is 182 Å². The zero-order valence-corrected chi connectivity index (χ0v) is 19.2. The van der Waals surface area contributed by atoms with Gasteiger partial charge in [0, 0.05) is 43.3 Å². The van der Waals surface area contributed by atoms with Crippen molar-refractivity contribution in [2.24, 2.45) is 0 Å². The van der Waals surface area contributed by atoms with Crippen molar-refractivity contribution in [1.82, 2.24) is 29.4 Å². The van der Waals surface area contributed by atoms with E-state index in [1.165, 1.54) is 4.31 Å². The van der Waals surface area contributed by atoms with Gasteiger partial charge in [-0.2, -0.15) is 14.4 Å². The molecule has 1 aromatic carbocycles. The van der Waals surface area contributed by atoms with Gasteiger partial charge in [-0.1, -0.05) is 6.07 Å². The lowest BCUT2D eigenvalue weighted by molar-refractivity contribution is 0.358. The third-order valence-electron chi connectivity index (χ3n) is 4.82. The Morgan fingerprint density at radius 3 is 2.52 bits per heavy atom. The Morgan fingerprint density at radius 2 is 1.84 bits per heavy atom. The van der Waals surface area contributed by atoms with Crippen LogP contribution in [0.2, 0.25) is 0 Å². The third-order valence-corrected chi connectivity index (χ3v) is 6.67. The number of sulfonamides is 1. The molecule has 3 N–H and O–H groups in total. The summed E-state index contributed by atoms with van der Waals surface area (Å²) in [5.74, 6) is 1.60. The molecule has 31 heavy (non-hydrogen) atoms. The second-order valence-electron chi connectivity index (χ2n) is 7.50. The minimum atomic E-state index is -3.60. The number of aromatic amines is 1. The maximum atomic E-state index is 12.9. The van der Waals surface area contributed by atoms with Crippen LogP contribution in [0.3, 0.4) is 0 Å². The Kier molecular flexibility index (Phi) is 6.88. The molecule has 0 unspecified atom stereocenters. The van der Waals surface area contributed by atoms with E-state index in [1.807, 2.05) is 32.8 Å². The molecular weight excluding hydrogens is 416 g/mol. The summed E-state index contributed by atoms with van der Waals surface area (Å²) in [4.78, 5) is 10.8. The summed E-state index contributed by atoms with van der Waals surface area (Å²) in [5, 5.41) is 13.4. The summed E-state index contributed by atoms with van der Waals surface area (Å²) in [6, 6.07) is 8.34. The van der Waals surface area contributed by atoms with Gasteiger partial charge in [0.05, 0.1) is 4.90 Å². The molecular formula is C20H28N8O2S. The molecule has 2 aromatic heterocycles. The largest absolute Gasteiger partial charge is 0.324 e. The first-order valence-corrected chi connectivity index (χ1v) is 11.2. The first-order chi connectivity index (χ1) is 14.7. The third kappa shape index (κ3) is 5.57. The van der Waals surface area contributed by atoms with Crippen molar-refractivity contribution in [3.63, 3.8) is 0 Å². The summed E-state index contributed by atoms with van der Waals surface area (Å²) in [7, 11) is 1.79. The van der Waals surface area contributed by atoms with Crippen LogP contribution in [0.1, 0.15) is 11.3 Å². The first-order valence-electron chi connectivity index (χ1n) is 9.76. The number of hydrogen-bond donors (Lipinski definition) is 3. The highest BCUT2D eigenvalue weighted by Gasteiger charge is 2.21. The molecule has 2 heterocycles. The van der Waals surface area contributed by atoms with Gasteiger partial charge in [-0.15, -0.1) is 0 Å². The predicted octanol–water partition coefficient (Wildman–Crippen LogP) is 2.49. The molecule has 0 radical (unpaired) electrons. The molecule has 0 atom stereocenters. The molecule has 0 spiro atoms. The van der Waals surface area contributed by atoms with Gasteiger partial charge in [0.2, 0.25) is 16.0 Å². The SMILES string of the molecule is Cc1[nH]nc(Nc2ccnc(Nc3cccc(S(=O)(=O)N(C)CCN(C)C)c3)n2)c1C. The molecule has 11 heteroatoms. The fraction of sp³-hybridized carbons (Fsp3) is 0.350. The number of likely N-dealkylation sites (N-methyl/N-ethyl adjacent to an activating group) is 2. The van der Waals surface area contributed by atoms with Gasteiger partial charge in [0.1, 0.15) is 5.82 Å². The topological polar surface area (TPSA) is 119 Å². The molecule has 3 aromatic rings. The number of nitrogens with zero attached hydrogens (tertiary/aromatic N) is 5. The van der Waals surface area contributed by atoms with Crippen LogP contribution >= 0.6 is 0 Å². The van der Waals surface area contributed by atoms with Crippen molar-refractivity contribution >= 4 is 33.3 Å². The Hall–Kier alpha value is -3.02. The van der Waals surface area contributed by atoms with Crippen LogP contribution in [0.15, 0.2) is 41.4 Å². The van der Waals surface area contributed by atoms with Crippen molar-refractivity contribution in [2.75, 3.05) is 44.9 Å². The van der Waals surface area contributed by atoms with E-state index in [0.29, 0.717) is 36.4 Å². The summed E-state index contributed by atoms with van der Waals surface area (Å²) >= 11 is 0. The van der Waals surface area contributed by atoms with Gasteiger partial charge < -0.3 is 15.5 Å². The van der Waals surface area contributed by atoms with E-state index >= 15 is 0 Å². The average molecular weight is 445 g/mol. The molecule has 3 rings (SSSR count). The van der Waals surface area contributed by atoms with Crippen molar-refractivity contribution in [1.29, 1.82) is 0 Å². The number of aromatic nitrogens is 4. The molecule has 10 nitrogen and oxygen atoms in total. The lowest BCUT2D eigenvalue weighted by atomic mass is 10.3. The zero-order valence-electron chi connectivity index (χ0n) is 18.3. The number of nitrogens with one attached hydrogen (secondary N) is 3. The van der Waals surface area contributed by atoms with E-state index in [4.69, 9.17) is 0 Å². The highest BCUT2D eigenvalue weighted by Crippen LogP contribution is 2.22. The van der Waals surface area contributed by atoms with Crippen LogP contribution < -0.4 is 10.6 Å². The van der Waals surface area contributed by atoms with E-state index in [-0.39, 0.29) is 4.90 Å². The second kappa shape index (κ2) is 9.41. The molecule has 0 fully saturated rings. The highest BCUT2D eigenvalue weighted by molar-refractivity contribution is 7.89. The molecule has 0 aliphatic carbocycles. The second-order valence-corrected chi connectivity index (χ2v) is 9.54. The quantitative estimate of drug-likeness (QED) is 0.461. The summed E-state index contributed by atoms with van der Waals surface area (Å²) < 4.78 is 27.1. The minimum absolute atomic E-state index is 0.204. The fourth-order valence-corrected chi connectivity index (χ4v) is 3.93. The average Bonchev–Trinajstić information content (AvgIpc) is 3.04. The van der Waals surface area contributed by atoms with E-state index in [1.54, 1.807) is 43.6 Å². The van der Waals surface area contributed by atoms with E-state index in [0.717, 1.165) is 11.3 Å². The fourth-order valence-electron chi connectivity index (χ4n) is 2.72. The lowest BCUT2D eigenvalue weighted by Gasteiger charge is -2.19.